The molecule has 0 radical (unpaired) electrons. The first kappa shape index (κ1) is 17.4. The van der Waals surface area contributed by atoms with Crippen molar-refractivity contribution < 1.29 is 9.53 Å². The Balaban J connectivity index is 1.43. The molecule has 0 saturated carbocycles. The number of carbonyl (C=O) groups excluding carboxylic acids is 1. The Bertz CT molecular complexity index is 682. The molecule has 5 heteroatoms. The van der Waals surface area contributed by atoms with Gasteiger partial charge in [0.25, 0.3) is 0 Å². The topological polar surface area (TPSA) is 45.7 Å². The Morgan fingerprint density at radius 2 is 1.84 bits per heavy atom. The van der Waals surface area contributed by atoms with E-state index in [1.165, 1.54) is 5.56 Å². The Labute approximate surface area is 149 Å². The minimum Gasteiger partial charge on any atom is -0.497 e. The molecule has 3 rings (SSSR count). The molecule has 1 aromatic heterocycles. The fraction of sp³-hybridized carbons (Fsp3) is 0.400. The lowest BCUT2D eigenvalue weighted by molar-refractivity contribution is -0.133. The molecule has 0 atom stereocenters. The third-order valence-electron chi connectivity index (χ3n) is 4.64. The molecule has 2 aromatic rings. The number of pyridine rings is 1. The molecule has 0 aliphatic carbocycles. The highest BCUT2D eigenvalue weighted by atomic mass is 16.5. The molecular weight excluding hydrogens is 314 g/mol. The predicted octanol–water partition coefficient (Wildman–Crippen LogP) is 2.37. The number of amides is 1. The summed E-state index contributed by atoms with van der Waals surface area (Å²) in [4.78, 5) is 20.9. The fourth-order valence-electron chi connectivity index (χ4n) is 3.14. The van der Waals surface area contributed by atoms with Gasteiger partial charge in [0.1, 0.15) is 5.75 Å². The molecule has 0 N–H and O–H groups in total. The van der Waals surface area contributed by atoms with Gasteiger partial charge in [0, 0.05) is 51.5 Å². The fourth-order valence-corrected chi connectivity index (χ4v) is 3.14. The zero-order chi connectivity index (χ0) is 17.5. The minimum atomic E-state index is 0.242. The Hall–Kier alpha value is -2.40. The van der Waals surface area contributed by atoms with Gasteiger partial charge in [-0.1, -0.05) is 12.1 Å². The summed E-state index contributed by atoms with van der Waals surface area (Å²) in [7, 11) is 1.66. The van der Waals surface area contributed by atoms with E-state index in [1.54, 1.807) is 7.11 Å². The molecule has 5 nitrogen and oxygen atoms in total. The predicted molar refractivity (Wildman–Crippen MR) is 97.4 cm³/mol. The molecule has 1 amide bonds. The first-order valence-electron chi connectivity index (χ1n) is 8.76. The lowest BCUT2D eigenvalue weighted by Crippen LogP contribution is -2.48. The van der Waals surface area contributed by atoms with Crippen molar-refractivity contribution in [3.63, 3.8) is 0 Å². The van der Waals surface area contributed by atoms with Gasteiger partial charge in [0.15, 0.2) is 0 Å². The number of hydrogen-bond donors (Lipinski definition) is 0. The van der Waals surface area contributed by atoms with Crippen molar-refractivity contribution in [2.45, 2.75) is 19.4 Å². The average Bonchev–Trinajstić information content (AvgIpc) is 2.67. The number of methoxy groups -OCH3 is 1. The van der Waals surface area contributed by atoms with Crippen LogP contribution in [0.15, 0.2) is 48.8 Å². The molecule has 25 heavy (non-hydrogen) atoms. The van der Waals surface area contributed by atoms with Crippen LogP contribution in [0, 0.1) is 0 Å². The van der Waals surface area contributed by atoms with E-state index < -0.39 is 0 Å². The molecule has 1 fully saturated rings. The van der Waals surface area contributed by atoms with E-state index in [0.717, 1.165) is 50.5 Å². The van der Waals surface area contributed by atoms with E-state index in [9.17, 15) is 4.79 Å². The molecule has 0 spiro atoms. The van der Waals surface area contributed by atoms with Crippen LogP contribution in [0.3, 0.4) is 0 Å². The van der Waals surface area contributed by atoms with Crippen LogP contribution in [0.2, 0.25) is 0 Å². The molecular formula is C20H25N3O2. The van der Waals surface area contributed by atoms with E-state index in [1.807, 2.05) is 53.7 Å². The van der Waals surface area contributed by atoms with Crippen LogP contribution in [0.5, 0.6) is 5.75 Å². The SMILES string of the molecule is COc1cccc(CCC(=O)N2CCN(Cc3ccncc3)CC2)c1. The minimum absolute atomic E-state index is 0.242. The average molecular weight is 339 g/mol. The van der Waals surface area contributed by atoms with Gasteiger partial charge in [-0.25, -0.2) is 0 Å². The quantitative estimate of drug-likeness (QED) is 0.811. The first-order valence-corrected chi connectivity index (χ1v) is 8.76. The third-order valence-corrected chi connectivity index (χ3v) is 4.64. The molecule has 0 unspecified atom stereocenters. The number of piperazine rings is 1. The second-order valence-corrected chi connectivity index (χ2v) is 6.36. The largest absolute Gasteiger partial charge is 0.497 e. The Kier molecular flexibility index (Phi) is 6.01. The van der Waals surface area contributed by atoms with Gasteiger partial charge >= 0.3 is 0 Å². The van der Waals surface area contributed by atoms with Crippen molar-refractivity contribution in [2.75, 3.05) is 33.3 Å². The lowest BCUT2D eigenvalue weighted by atomic mass is 10.1. The standard InChI is InChI=1S/C20H25N3O2/c1-25-19-4-2-3-17(15-19)5-6-20(24)23-13-11-22(12-14-23)16-18-7-9-21-10-8-18/h2-4,7-10,15H,5-6,11-14,16H2,1H3. The van der Waals surface area contributed by atoms with Crippen molar-refractivity contribution >= 4 is 5.91 Å². The van der Waals surface area contributed by atoms with Gasteiger partial charge in [0.2, 0.25) is 5.91 Å². The molecule has 1 aliphatic heterocycles. The summed E-state index contributed by atoms with van der Waals surface area (Å²) in [6.07, 6.45) is 4.96. The summed E-state index contributed by atoms with van der Waals surface area (Å²) in [6.45, 7) is 4.39. The van der Waals surface area contributed by atoms with E-state index in [2.05, 4.69) is 9.88 Å². The van der Waals surface area contributed by atoms with Crippen molar-refractivity contribution in [3.8, 4) is 5.75 Å². The van der Waals surface area contributed by atoms with Gasteiger partial charge in [0.05, 0.1) is 7.11 Å². The zero-order valence-electron chi connectivity index (χ0n) is 14.7. The van der Waals surface area contributed by atoms with Crippen molar-refractivity contribution in [3.05, 3.63) is 59.9 Å². The molecule has 2 heterocycles. The third kappa shape index (κ3) is 5.03. The number of hydrogen-bond acceptors (Lipinski definition) is 4. The summed E-state index contributed by atoms with van der Waals surface area (Å²) in [5, 5.41) is 0. The van der Waals surface area contributed by atoms with E-state index in [0.29, 0.717) is 6.42 Å². The van der Waals surface area contributed by atoms with Gasteiger partial charge in [-0.3, -0.25) is 14.7 Å². The van der Waals surface area contributed by atoms with Crippen LogP contribution in [-0.2, 0) is 17.8 Å². The lowest BCUT2D eigenvalue weighted by Gasteiger charge is -2.34. The smallest absolute Gasteiger partial charge is 0.222 e. The highest BCUT2D eigenvalue weighted by Crippen LogP contribution is 2.15. The van der Waals surface area contributed by atoms with Gasteiger partial charge in [-0.15, -0.1) is 0 Å². The second-order valence-electron chi connectivity index (χ2n) is 6.36. The van der Waals surface area contributed by atoms with Crippen LogP contribution in [0.25, 0.3) is 0 Å². The van der Waals surface area contributed by atoms with E-state index in [-0.39, 0.29) is 5.91 Å². The van der Waals surface area contributed by atoms with Gasteiger partial charge in [-0.05, 0) is 41.8 Å². The number of rotatable bonds is 6. The summed E-state index contributed by atoms with van der Waals surface area (Å²) in [5.41, 5.74) is 2.41. The molecule has 132 valence electrons. The van der Waals surface area contributed by atoms with Crippen LogP contribution in [-0.4, -0.2) is 54.0 Å². The van der Waals surface area contributed by atoms with Crippen LogP contribution >= 0.6 is 0 Å². The van der Waals surface area contributed by atoms with Gasteiger partial charge < -0.3 is 9.64 Å². The summed E-state index contributed by atoms with van der Waals surface area (Å²) in [6, 6.07) is 12.0. The van der Waals surface area contributed by atoms with Crippen molar-refractivity contribution in [2.24, 2.45) is 0 Å². The first-order chi connectivity index (χ1) is 12.2. The van der Waals surface area contributed by atoms with Crippen LogP contribution in [0.1, 0.15) is 17.5 Å². The number of carbonyl (C=O) groups is 1. The maximum absolute atomic E-state index is 12.5. The number of nitrogens with zero attached hydrogens (tertiary/aromatic N) is 3. The van der Waals surface area contributed by atoms with Crippen molar-refractivity contribution in [1.29, 1.82) is 0 Å². The molecule has 1 aliphatic rings. The normalized spacial score (nSPS) is 15.2. The summed E-state index contributed by atoms with van der Waals surface area (Å²) >= 11 is 0. The summed E-state index contributed by atoms with van der Waals surface area (Å²) in [5.74, 6) is 1.08. The number of ether oxygens (including phenoxy) is 1. The Morgan fingerprint density at radius 1 is 1.08 bits per heavy atom. The maximum atomic E-state index is 12.5. The Morgan fingerprint density at radius 3 is 2.56 bits per heavy atom. The van der Waals surface area contributed by atoms with E-state index in [4.69, 9.17) is 4.74 Å². The van der Waals surface area contributed by atoms with E-state index >= 15 is 0 Å². The van der Waals surface area contributed by atoms with Gasteiger partial charge in [-0.2, -0.15) is 0 Å². The monoisotopic (exact) mass is 339 g/mol. The van der Waals surface area contributed by atoms with Crippen LogP contribution in [0.4, 0.5) is 0 Å². The molecule has 1 aromatic carbocycles. The molecule has 1 saturated heterocycles. The highest BCUT2D eigenvalue weighted by Gasteiger charge is 2.20. The highest BCUT2D eigenvalue weighted by molar-refractivity contribution is 5.76. The number of aromatic nitrogens is 1. The second kappa shape index (κ2) is 8.62. The maximum Gasteiger partial charge on any atom is 0.222 e. The summed E-state index contributed by atoms with van der Waals surface area (Å²) < 4.78 is 5.23. The number of aryl methyl sites for hydroxylation is 1. The molecule has 0 bridgehead atoms. The number of benzene rings is 1. The van der Waals surface area contributed by atoms with Crippen molar-refractivity contribution in [1.82, 2.24) is 14.8 Å². The zero-order valence-corrected chi connectivity index (χ0v) is 14.7. The van der Waals surface area contributed by atoms with Crippen LogP contribution < -0.4 is 4.74 Å².